The van der Waals surface area contributed by atoms with Crippen molar-refractivity contribution in [2.45, 2.75) is 13.8 Å². The molecule has 0 unspecified atom stereocenters. The molecule has 3 amide bonds. The summed E-state index contributed by atoms with van der Waals surface area (Å²) >= 11 is 3.28. The molecule has 130 valence electrons. The minimum atomic E-state index is -0.456. The number of hydrogen-bond donors (Lipinski definition) is 3. The van der Waals surface area contributed by atoms with Crippen LogP contribution in [0.1, 0.15) is 34.6 Å². The summed E-state index contributed by atoms with van der Waals surface area (Å²) in [5, 5.41) is 2.74. The molecule has 0 saturated heterocycles. The molecule has 0 atom stereocenters. The zero-order valence-corrected chi connectivity index (χ0v) is 15.4. The summed E-state index contributed by atoms with van der Waals surface area (Å²) in [6.07, 6.45) is 0. The van der Waals surface area contributed by atoms with Gasteiger partial charge in [-0.1, -0.05) is 26.0 Å². The molecule has 2 aromatic carbocycles. The molecule has 0 heterocycles. The average Bonchev–Trinajstić information content (AvgIpc) is 2.60. The van der Waals surface area contributed by atoms with E-state index in [9.17, 15) is 14.4 Å². The normalized spacial score (nSPS) is 10.2. The molecule has 0 aliphatic heterocycles. The van der Waals surface area contributed by atoms with Gasteiger partial charge in [0.15, 0.2) is 0 Å². The van der Waals surface area contributed by atoms with Crippen LogP contribution in [0.15, 0.2) is 53.0 Å². The molecule has 0 fully saturated rings. The molecule has 0 saturated carbocycles. The third-order valence-corrected chi connectivity index (χ3v) is 4.04. The molecule has 3 N–H and O–H groups in total. The molecule has 0 radical (unpaired) electrons. The van der Waals surface area contributed by atoms with E-state index in [0.29, 0.717) is 21.3 Å². The standard InChI is InChI=1S/C18H18BrN3O3/c1-11(2)16(23)20-13-9-7-12(8-10-13)17(24)21-22-18(25)14-5-3-4-6-15(14)19/h3-11H,1-2H3,(H,20,23)(H,21,24)(H,22,25). The van der Waals surface area contributed by atoms with E-state index in [2.05, 4.69) is 32.1 Å². The second kappa shape index (κ2) is 8.43. The van der Waals surface area contributed by atoms with Crippen LogP contribution in [0.4, 0.5) is 5.69 Å². The fourth-order valence-electron chi connectivity index (χ4n) is 1.89. The Hall–Kier alpha value is -2.67. The van der Waals surface area contributed by atoms with E-state index in [4.69, 9.17) is 0 Å². The van der Waals surface area contributed by atoms with Crippen LogP contribution in [0, 0.1) is 5.92 Å². The molecule has 0 spiro atoms. The van der Waals surface area contributed by atoms with Crippen LogP contribution in [0.2, 0.25) is 0 Å². The Morgan fingerprint density at radius 2 is 1.48 bits per heavy atom. The first kappa shape index (κ1) is 18.7. The molecule has 0 aromatic heterocycles. The highest BCUT2D eigenvalue weighted by atomic mass is 79.9. The highest BCUT2D eigenvalue weighted by Crippen LogP contribution is 2.15. The van der Waals surface area contributed by atoms with E-state index in [0.717, 1.165) is 0 Å². The third kappa shape index (κ3) is 5.15. The minimum absolute atomic E-state index is 0.0992. The second-order valence-electron chi connectivity index (χ2n) is 5.61. The van der Waals surface area contributed by atoms with Crippen molar-refractivity contribution < 1.29 is 14.4 Å². The van der Waals surface area contributed by atoms with Gasteiger partial charge in [0.1, 0.15) is 0 Å². The van der Waals surface area contributed by atoms with Gasteiger partial charge < -0.3 is 5.32 Å². The Balaban J connectivity index is 1.94. The van der Waals surface area contributed by atoms with Crippen LogP contribution >= 0.6 is 15.9 Å². The SMILES string of the molecule is CC(C)C(=O)Nc1ccc(C(=O)NNC(=O)c2ccccc2Br)cc1. The van der Waals surface area contributed by atoms with Crippen LogP contribution < -0.4 is 16.2 Å². The van der Waals surface area contributed by atoms with E-state index in [1.807, 2.05) is 0 Å². The van der Waals surface area contributed by atoms with Crippen LogP contribution in [-0.2, 0) is 4.79 Å². The number of nitrogens with one attached hydrogen (secondary N) is 3. The Kier molecular flexibility index (Phi) is 6.30. The van der Waals surface area contributed by atoms with Crippen molar-refractivity contribution in [1.29, 1.82) is 0 Å². The third-order valence-electron chi connectivity index (χ3n) is 3.35. The van der Waals surface area contributed by atoms with Crippen LogP contribution in [-0.4, -0.2) is 17.7 Å². The number of hydrogen-bond acceptors (Lipinski definition) is 3. The molecule has 2 aromatic rings. The first-order valence-corrected chi connectivity index (χ1v) is 8.44. The number of carbonyl (C=O) groups excluding carboxylic acids is 3. The average molecular weight is 404 g/mol. The summed E-state index contributed by atoms with van der Waals surface area (Å²) < 4.78 is 0.631. The summed E-state index contributed by atoms with van der Waals surface area (Å²) in [5.74, 6) is -1.11. The minimum Gasteiger partial charge on any atom is -0.326 e. The van der Waals surface area contributed by atoms with Gasteiger partial charge in [0.25, 0.3) is 11.8 Å². The Bertz CT molecular complexity index is 788. The molecule has 0 aliphatic rings. The second-order valence-corrected chi connectivity index (χ2v) is 6.46. The maximum Gasteiger partial charge on any atom is 0.270 e. The monoisotopic (exact) mass is 403 g/mol. The number of benzene rings is 2. The van der Waals surface area contributed by atoms with Crippen molar-refractivity contribution in [3.8, 4) is 0 Å². The molecule has 0 bridgehead atoms. The predicted octanol–water partition coefficient (Wildman–Crippen LogP) is 3.12. The van der Waals surface area contributed by atoms with Gasteiger partial charge in [-0.2, -0.15) is 0 Å². The van der Waals surface area contributed by atoms with E-state index >= 15 is 0 Å². The lowest BCUT2D eigenvalue weighted by molar-refractivity contribution is -0.118. The number of amides is 3. The fraction of sp³-hybridized carbons (Fsp3) is 0.167. The molecule has 25 heavy (non-hydrogen) atoms. The summed E-state index contributed by atoms with van der Waals surface area (Å²) in [5.41, 5.74) is 6.09. The number of rotatable bonds is 4. The number of carbonyl (C=O) groups is 3. The quantitative estimate of drug-likeness (QED) is 0.685. The van der Waals surface area contributed by atoms with Gasteiger partial charge in [0.05, 0.1) is 5.56 Å². The Morgan fingerprint density at radius 3 is 2.08 bits per heavy atom. The van der Waals surface area contributed by atoms with Gasteiger partial charge in [-0.05, 0) is 52.3 Å². The molecule has 7 heteroatoms. The Morgan fingerprint density at radius 1 is 0.880 bits per heavy atom. The lowest BCUT2D eigenvalue weighted by Crippen LogP contribution is -2.41. The number of hydrazine groups is 1. The highest BCUT2D eigenvalue weighted by molar-refractivity contribution is 9.10. The fourth-order valence-corrected chi connectivity index (χ4v) is 2.35. The molecule has 0 aliphatic carbocycles. The number of halogens is 1. The van der Waals surface area contributed by atoms with Gasteiger partial charge in [-0.3, -0.25) is 25.2 Å². The first-order chi connectivity index (χ1) is 11.9. The van der Waals surface area contributed by atoms with Crippen molar-refractivity contribution >= 4 is 39.3 Å². The Labute approximate surface area is 154 Å². The molecule has 2 rings (SSSR count). The van der Waals surface area contributed by atoms with E-state index in [-0.39, 0.29) is 11.8 Å². The summed E-state index contributed by atoms with van der Waals surface area (Å²) in [6.45, 7) is 3.59. The summed E-state index contributed by atoms with van der Waals surface area (Å²) in [6, 6.07) is 13.3. The van der Waals surface area contributed by atoms with E-state index in [1.54, 1.807) is 62.4 Å². The lowest BCUT2D eigenvalue weighted by Gasteiger charge is -2.10. The summed E-state index contributed by atoms with van der Waals surface area (Å²) in [7, 11) is 0. The topological polar surface area (TPSA) is 87.3 Å². The first-order valence-electron chi connectivity index (χ1n) is 7.64. The smallest absolute Gasteiger partial charge is 0.270 e. The molecular weight excluding hydrogens is 386 g/mol. The van der Waals surface area contributed by atoms with Crippen molar-refractivity contribution in [2.24, 2.45) is 5.92 Å². The predicted molar refractivity (Wildman–Crippen MR) is 99.0 cm³/mol. The lowest BCUT2D eigenvalue weighted by atomic mass is 10.1. The van der Waals surface area contributed by atoms with Crippen LogP contribution in [0.25, 0.3) is 0 Å². The maximum absolute atomic E-state index is 12.1. The zero-order valence-electron chi connectivity index (χ0n) is 13.8. The number of anilines is 1. The van der Waals surface area contributed by atoms with Crippen molar-refractivity contribution in [3.05, 3.63) is 64.1 Å². The van der Waals surface area contributed by atoms with Gasteiger partial charge >= 0.3 is 0 Å². The largest absolute Gasteiger partial charge is 0.326 e. The molecular formula is C18H18BrN3O3. The maximum atomic E-state index is 12.1. The van der Waals surface area contributed by atoms with Crippen molar-refractivity contribution in [1.82, 2.24) is 10.9 Å². The van der Waals surface area contributed by atoms with Crippen LogP contribution in [0.3, 0.4) is 0 Å². The van der Waals surface area contributed by atoms with Crippen molar-refractivity contribution in [2.75, 3.05) is 5.32 Å². The van der Waals surface area contributed by atoms with Crippen molar-refractivity contribution in [3.63, 3.8) is 0 Å². The van der Waals surface area contributed by atoms with Gasteiger partial charge in [-0.15, -0.1) is 0 Å². The van der Waals surface area contributed by atoms with Gasteiger partial charge in [-0.25, -0.2) is 0 Å². The molecule has 6 nitrogen and oxygen atoms in total. The zero-order chi connectivity index (χ0) is 18.4. The highest BCUT2D eigenvalue weighted by Gasteiger charge is 2.12. The summed E-state index contributed by atoms with van der Waals surface area (Å²) in [4.78, 5) is 35.7. The van der Waals surface area contributed by atoms with Gasteiger partial charge in [0, 0.05) is 21.6 Å². The van der Waals surface area contributed by atoms with E-state index < -0.39 is 11.8 Å². The van der Waals surface area contributed by atoms with Crippen LogP contribution in [0.5, 0.6) is 0 Å². The van der Waals surface area contributed by atoms with Gasteiger partial charge in [0.2, 0.25) is 5.91 Å². The van der Waals surface area contributed by atoms with E-state index in [1.165, 1.54) is 0 Å².